The smallest absolute Gasteiger partial charge is 0.0471 e. The molecule has 1 N–H and O–H groups in total. The maximum atomic E-state index is 9.21. The van der Waals surface area contributed by atoms with Gasteiger partial charge in [-0.05, 0) is 58.9 Å². The molecule has 2 saturated heterocycles. The van der Waals surface area contributed by atoms with Crippen molar-refractivity contribution in [3.05, 3.63) is 0 Å². The fourth-order valence-corrected chi connectivity index (χ4v) is 3.19. The Morgan fingerprint density at radius 2 is 1.83 bits per heavy atom. The standard InChI is InChI=1S/C14H29N3O/c1-15(2)9-10-16-6-4-14(5-7-16)17-8-3-13(11-17)12-18/h13-14,18H,3-12H2,1-2H3. The van der Waals surface area contributed by atoms with Crippen molar-refractivity contribution in [1.82, 2.24) is 14.7 Å². The molecule has 0 saturated carbocycles. The lowest BCUT2D eigenvalue weighted by molar-refractivity contribution is 0.115. The first-order valence-corrected chi connectivity index (χ1v) is 7.41. The van der Waals surface area contributed by atoms with Gasteiger partial charge < -0.3 is 14.9 Å². The van der Waals surface area contributed by atoms with E-state index in [9.17, 15) is 5.11 Å². The van der Waals surface area contributed by atoms with E-state index in [0.717, 1.165) is 12.6 Å². The molecule has 2 aliphatic heterocycles. The molecule has 1 atom stereocenters. The fraction of sp³-hybridized carbons (Fsp3) is 1.00. The van der Waals surface area contributed by atoms with E-state index in [2.05, 4.69) is 28.8 Å². The van der Waals surface area contributed by atoms with Gasteiger partial charge >= 0.3 is 0 Å². The molecule has 2 rings (SSSR count). The van der Waals surface area contributed by atoms with Crippen molar-refractivity contribution in [2.75, 3.05) is 60.0 Å². The summed E-state index contributed by atoms with van der Waals surface area (Å²) in [6, 6.07) is 0.775. The van der Waals surface area contributed by atoms with E-state index in [0.29, 0.717) is 12.5 Å². The second-order valence-electron chi connectivity index (χ2n) is 6.21. The van der Waals surface area contributed by atoms with Crippen molar-refractivity contribution < 1.29 is 5.11 Å². The molecule has 18 heavy (non-hydrogen) atoms. The summed E-state index contributed by atoms with van der Waals surface area (Å²) < 4.78 is 0. The monoisotopic (exact) mass is 255 g/mol. The molecule has 0 bridgehead atoms. The van der Waals surface area contributed by atoms with Crippen LogP contribution in [0.5, 0.6) is 0 Å². The Morgan fingerprint density at radius 1 is 1.11 bits per heavy atom. The summed E-state index contributed by atoms with van der Waals surface area (Å²) in [6.45, 7) is 7.57. The van der Waals surface area contributed by atoms with E-state index in [1.165, 1.54) is 52.0 Å². The molecular weight excluding hydrogens is 226 g/mol. The minimum atomic E-state index is 0.373. The SMILES string of the molecule is CN(C)CCN1CCC(N2CCC(CO)C2)CC1. The first-order valence-electron chi connectivity index (χ1n) is 7.41. The normalized spacial score (nSPS) is 28.3. The summed E-state index contributed by atoms with van der Waals surface area (Å²) in [6.07, 6.45) is 3.81. The molecule has 0 aromatic heterocycles. The van der Waals surface area contributed by atoms with E-state index >= 15 is 0 Å². The highest BCUT2D eigenvalue weighted by molar-refractivity contribution is 4.85. The molecule has 4 nitrogen and oxygen atoms in total. The van der Waals surface area contributed by atoms with Crippen molar-refractivity contribution >= 4 is 0 Å². The number of rotatable bonds is 5. The van der Waals surface area contributed by atoms with E-state index in [-0.39, 0.29) is 0 Å². The van der Waals surface area contributed by atoms with Crippen molar-refractivity contribution in [1.29, 1.82) is 0 Å². The number of piperidine rings is 1. The predicted molar refractivity (Wildman–Crippen MR) is 74.8 cm³/mol. The third-order valence-corrected chi connectivity index (χ3v) is 4.51. The number of aliphatic hydroxyl groups is 1. The molecule has 0 aliphatic carbocycles. The summed E-state index contributed by atoms with van der Waals surface area (Å²) in [5, 5.41) is 9.21. The average Bonchev–Trinajstić information content (AvgIpc) is 2.85. The Hall–Kier alpha value is -0.160. The summed E-state index contributed by atoms with van der Waals surface area (Å²) in [7, 11) is 4.29. The van der Waals surface area contributed by atoms with Crippen molar-refractivity contribution in [3.63, 3.8) is 0 Å². The molecule has 0 radical (unpaired) electrons. The van der Waals surface area contributed by atoms with Gasteiger partial charge in [0.1, 0.15) is 0 Å². The van der Waals surface area contributed by atoms with Crippen LogP contribution < -0.4 is 0 Å². The Kier molecular flexibility index (Phi) is 5.42. The van der Waals surface area contributed by atoms with Crippen LogP contribution in [0.4, 0.5) is 0 Å². The van der Waals surface area contributed by atoms with Crippen LogP contribution in [-0.4, -0.2) is 85.8 Å². The number of likely N-dealkylation sites (tertiary alicyclic amines) is 2. The molecule has 0 aromatic rings. The molecule has 0 amide bonds. The second kappa shape index (κ2) is 6.85. The van der Waals surface area contributed by atoms with E-state index in [1.54, 1.807) is 0 Å². The third-order valence-electron chi connectivity index (χ3n) is 4.51. The quantitative estimate of drug-likeness (QED) is 0.767. The van der Waals surface area contributed by atoms with Gasteiger partial charge in [-0.1, -0.05) is 0 Å². The maximum Gasteiger partial charge on any atom is 0.0471 e. The Bertz CT molecular complexity index is 239. The number of likely N-dealkylation sites (N-methyl/N-ethyl adjacent to an activating group) is 1. The largest absolute Gasteiger partial charge is 0.396 e. The molecule has 2 heterocycles. The van der Waals surface area contributed by atoms with Crippen LogP contribution in [0.1, 0.15) is 19.3 Å². The van der Waals surface area contributed by atoms with Crippen LogP contribution in [-0.2, 0) is 0 Å². The minimum absolute atomic E-state index is 0.373. The number of nitrogens with zero attached hydrogens (tertiary/aromatic N) is 3. The van der Waals surface area contributed by atoms with Gasteiger partial charge in [-0.2, -0.15) is 0 Å². The lowest BCUT2D eigenvalue weighted by Gasteiger charge is -2.37. The molecule has 1 unspecified atom stereocenters. The molecule has 2 aliphatic rings. The molecule has 0 spiro atoms. The summed E-state index contributed by atoms with van der Waals surface area (Å²) in [5.41, 5.74) is 0. The third kappa shape index (κ3) is 3.92. The highest BCUT2D eigenvalue weighted by Crippen LogP contribution is 2.23. The number of aliphatic hydroxyl groups excluding tert-OH is 1. The van der Waals surface area contributed by atoms with Gasteiger partial charge in [0, 0.05) is 32.3 Å². The Balaban J connectivity index is 1.67. The van der Waals surface area contributed by atoms with Gasteiger partial charge in [0.2, 0.25) is 0 Å². The molecular formula is C14H29N3O. The maximum absolute atomic E-state index is 9.21. The van der Waals surface area contributed by atoms with E-state index in [4.69, 9.17) is 0 Å². The van der Waals surface area contributed by atoms with Crippen molar-refractivity contribution in [2.24, 2.45) is 5.92 Å². The zero-order chi connectivity index (χ0) is 13.0. The summed E-state index contributed by atoms with van der Waals surface area (Å²) in [5.74, 6) is 0.539. The van der Waals surface area contributed by atoms with Gasteiger partial charge in [-0.25, -0.2) is 0 Å². The van der Waals surface area contributed by atoms with Gasteiger partial charge in [0.25, 0.3) is 0 Å². The van der Waals surface area contributed by atoms with Crippen LogP contribution in [0.25, 0.3) is 0 Å². The Morgan fingerprint density at radius 3 is 2.39 bits per heavy atom. The number of hydrogen-bond donors (Lipinski definition) is 1. The van der Waals surface area contributed by atoms with Crippen molar-refractivity contribution in [3.8, 4) is 0 Å². The van der Waals surface area contributed by atoms with Crippen LogP contribution in [0.2, 0.25) is 0 Å². The van der Waals surface area contributed by atoms with Gasteiger partial charge in [-0.15, -0.1) is 0 Å². The highest BCUT2D eigenvalue weighted by atomic mass is 16.3. The van der Waals surface area contributed by atoms with Crippen LogP contribution in [0.3, 0.4) is 0 Å². The van der Waals surface area contributed by atoms with Crippen LogP contribution >= 0.6 is 0 Å². The minimum Gasteiger partial charge on any atom is -0.396 e. The first-order chi connectivity index (χ1) is 8.69. The number of hydrogen-bond acceptors (Lipinski definition) is 4. The zero-order valence-electron chi connectivity index (χ0n) is 12.0. The van der Waals surface area contributed by atoms with Crippen molar-refractivity contribution in [2.45, 2.75) is 25.3 Å². The molecule has 106 valence electrons. The highest BCUT2D eigenvalue weighted by Gasteiger charge is 2.30. The van der Waals surface area contributed by atoms with Gasteiger partial charge in [0.05, 0.1) is 0 Å². The van der Waals surface area contributed by atoms with E-state index < -0.39 is 0 Å². The van der Waals surface area contributed by atoms with Gasteiger partial charge in [0.15, 0.2) is 0 Å². The molecule has 0 aromatic carbocycles. The lowest BCUT2D eigenvalue weighted by Crippen LogP contribution is -2.45. The summed E-state index contributed by atoms with van der Waals surface area (Å²) in [4.78, 5) is 7.47. The first kappa shape index (κ1) is 14.3. The lowest BCUT2D eigenvalue weighted by atomic mass is 10.0. The summed E-state index contributed by atoms with van der Waals surface area (Å²) >= 11 is 0. The predicted octanol–water partition coefficient (Wildman–Crippen LogP) is 0.327. The van der Waals surface area contributed by atoms with Gasteiger partial charge in [-0.3, -0.25) is 4.90 Å². The topological polar surface area (TPSA) is 30.0 Å². The molecule has 2 fully saturated rings. The van der Waals surface area contributed by atoms with Crippen LogP contribution in [0, 0.1) is 5.92 Å². The fourth-order valence-electron chi connectivity index (χ4n) is 3.19. The van der Waals surface area contributed by atoms with Crippen LogP contribution in [0.15, 0.2) is 0 Å². The average molecular weight is 255 g/mol. The van der Waals surface area contributed by atoms with E-state index in [1.807, 2.05) is 0 Å². The molecule has 4 heteroatoms. The Labute approximate surface area is 112 Å². The second-order valence-corrected chi connectivity index (χ2v) is 6.21. The zero-order valence-corrected chi connectivity index (χ0v) is 12.0.